The van der Waals surface area contributed by atoms with Crippen LogP contribution >= 0.6 is 0 Å². The molecule has 1 saturated heterocycles. The number of nitrogens with zero attached hydrogens (tertiary/aromatic N) is 3. The number of carboxylic acid groups (broad SMARTS) is 1. The molecule has 0 spiro atoms. The third-order valence-corrected chi connectivity index (χ3v) is 3.81. The van der Waals surface area contributed by atoms with Crippen LogP contribution in [0.25, 0.3) is 11.2 Å². The molecule has 3 heterocycles. The van der Waals surface area contributed by atoms with Gasteiger partial charge in [-0.05, 0) is 6.92 Å². The van der Waals surface area contributed by atoms with Crippen LogP contribution in [0, 0.1) is 0 Å². The third kappa shape index (κ3) is 2.84. The first-order valence-electron chi connectivity index (χ1n) is 7.37. The minimum absolute atomic E-state index is 0.00825. The molecule has 0 aromatic carbocycles. The lowest BCUT2D eigenvalue weighted by Crippen LogP contribution is -2.42. The van der Waals surface area contributed by atoms with Gasteiger partial charge in [-0.2, -0.15) is 4.98 Å². The number of imidazole rings is 1. The van der Waals surface area contributed by atoms with E-state index < -0.39 is 42.2 Å². The van der Waals surface area contributed by atoms with Crippen molar-refractivity contribution in [2.45, 2.75) is 37.6 Å². The lowest BCUT2D eigenvalue weighted by Gasteiger charge is -2.17. The lowest BCUT2D eigenvalue weighted by molar-refractivity contribution is -0.160. The molecular formula is C13H16N4O8. The van der Waals surface area contributed by atoms with Crippen LogP contribution in [0.4, 0.5) is 0 Å². The highest BCUT2D eigenvalue weighted by Gasteiger charge is 2.49. The highest BCUT2D eigenvalue weighted by atomic mass is 16.6. The SMILES string of the molecule is CCOc1nc2c(ncn2[C@@H]2O[C@H](C(O)C(=O)O)[C@@H](O)[C@H]2O)c(=O)[nH]1. The molecule has 136 valence electrons. The average molecular weight is 356 g/mol. The zero-order valence-corrected chi connectivity index (χ0v) is 12.9. The van der Waals surface area contributed by atoms with Crippen LogP contribution in [0.3, 0.4) is 0 Å². The number of aliphatic carboxylic acids is 1. The van der Waals surface area contributed by atoms with Crippen molar-refractivity contribution in [1.82, 2.24) is 19.5 Å². The molecular weight excluding hydrogens is 340 g/mol. The predicted molar refractivity (Wildman–Crippen MR) is 78.9 cm³/mol. The predicted octanol–water partition coefficient (Wildman–Crippen LogP) is -2.42. The molecule has 12 nitrogen and oxygen atoms in total. The Morgan fingerprint density at radius 3 is 2.84 bits per heavy atom. The molecule has 3 rings (SSSR count). The Balaban J connectivity index is 2.01. The molecule has 5 N–H and O–H groups in total. The van der Waals surface area contributed by atoms with Gasteiger partial charge in [-0.1, -0.05) is 0 Å². The van der Waals surface area contributed by atoms with Gasteiger partial charge in [-0.3, -0.25) is 14.3 Å². The van der Waals surface area contributed by atoms with E-state index in [1.807, 2.05) is 0 Å². The van der Waals surface area contributed by atoms with E-state index >= 15 is 0 Å². The van der Waals surface area contributed by atoms with E-state index in [0.717, 1.165) is 10.9 Å². The van der Waals surface area contributed by atoms with Gasteiger partial charge in [0.15, 0.2) is 23.5 Å². The van der Waals surface area contributed by atoms with Crippen molar-refractivity contribution in [3.8, 4) is 6.01 Å². The quantitative estimate of drug-likeness (QED) is 0.387. The number of hydrogen-bond acceptors (Lipinski definition) is 9. The first-order valence-corrected chi connectivity index (χ1v) is 7.37. The molecule has 0 amide bonds. The first kappa shape index (κ1) is 17.3. The van der Waals surface area contributed by atoms with E-state index in [-0.39, 0.29) is 23.8 Å². The minimum atomic E-state index is -2.04. The standard InChI is InChI=1S/C13H16N4O8/c1-2-24-13-15-9-4(10(21)16-13)14-3-17(9)11-6(19)5(18)8(25-11)7(20)12(22)23/h3,5-8,11,18-20H,2H2,1H3,(H,22,23)(H,15,16,21)/t5-,6+,7?,8-,11+/m0/s1. The Morgan fingerprint density at radius 1 is 1.48 bits per heavy atom. The Labute approximate surface area is 139 Å². The summed E-state index contributed by atoms with van der Waals surface area (Å²) in [5.41, 5.74) is -0.632. The van der Waals surface area contributed by atoms with Gasteiger partial charge < -0.3 is 29.9 Å². The number of ether oxygens (including phenoxy) is 2. The van der Waals surface area contributed by atoms with Crippen molar-refractivity contribution in [2.75, 3.05) is 6.61 Å². The maximum absolute atomic E-state index is 12.0. The number of carbonyl (C=O) groups is 1. The number of nitrogens with one attached hydrogen (secondary N) is 1. The molecule has 1 aliphatic heterocycles. The van der Waals surface area contributed by atoms with E-state index in [9.17, 15) is 24.9 Å². The van der Waals surface area contributed by atoms with Crippen molar-refractivity contribution in [3.63, 3.8) is 0 Å². The summed E-state index contributed by atoms with van der Waals surface area (Å²) in [6.07, 6.45) is -7.00. The molecule has 1 fully saturated rings. The monoisotopic (exact) mass is 356 g/mol. The molecule has 5 atom stereocenters. The lowest BCUT2D eigenvalue weighted by atomic mass is 10.1. The third-order valence-electron chi connectivity index (χ3n) is 3.81. The van der Waals surface area contributed by atoms with Crippen LogP contribution in [-0.2, 0) is 9.53 Å². The van der Waals surface area contributed by atoms with Crippen LogP contribution in [-0.4, -0.2) is 76.9 Å². The number of fused-ring (bicyclic) bond motifs is 1. The maximum Gasteiger partial charge on any atom is 0.335 e. The van der Waals surface area contributed by atoms with Gasteiger partial charge in [0.25, 0.3) is 11.6 Å². The Kier molecular flexibility index (Phi) is 4.43. The van der Waals surface area contributed by atoms with Crippen LogP contribution < -0.4 is 10.3 Å². The zero-order valence-electron chi connectivity index (χ0n) is 12.9. The molecule has 0 aliphatic carbocycles. The summed E-state index contributed by atoms with van der Waals surface area (Å²) < 4.78 is 11.6. The van der Waals surface area contributed by atoms with Gasteiger partial charge in [0.1, 0.15) is 18.3 Å². The fourth-order valence-corrected chi connectivity index (χ4v) is 2.61. The summed E-state index contributed by atoms with van der Waals surface area (Å²) in [4.78, 5) is 33.2. The number of carboxylic acids is 1. The second kappa shape index (κ2) is 6.40. The molecule has 0 radical (unpaired) electrons. The van der Waals surface area contributed by atoms with Gasteiger partial charge in [0.2, 0.25) is 0 Å². The van der Waals surface area contributed by atoms with Crippen LogP contribution in [0.15, 0.2) is 11.1 Å². The van der Waals surface area contributed by atoms with Gasteiger partial charge in [0, 0.05) is 0 Å². The molecule has 12 heteroatoms. The van der Waals surface area contributed by atoms with E-state index in [4.69, 9.17) is 14.6 Å². The number of H-pyrrole nitrogens is 1. The average Bonchev–Trinajstić information content (AvgIpc) is 3.10. The normalized spacial score (nSPS) is 27.5. The van der Waals surface area contributed by atoms with Crippen molar-refractivity contribution < 1.29 is 34.7 Å². The largest absolute Gasteiger partial charge is 0.479 e. The first-order chi connectivity index (χ1) is 11.8. The van der Waals surface area contributed by atoms with Gasteiger partial charge in [-0.25, -0.2) is 9.78 Å². The molecule has 0 saturated carbocycles. The van der Waals surface area contributed by atoms with E-state index in [0.29, 0.717) is 0 Å². The highest BCUT2D eigenvalue weighted by Crippen LogP contribution is 2.32. The Morgan fingerprint density at radius 2 is 2.20 bits per heavy atom. The summed E-state index contributed by atoms with van der Waals surface area (Å²) in [6.45, 7) is 1.94. The van der Waals surface area contributed by atoms with Crippen molar-refractivity contribution >= 4 is 17.1 Å². The molecule has 2 aromatic rings. The van der Waals surface area contributed by atoms with Crippen LogP contribution in [0.2, 0.25) is 0 Å². The summed E-state index contributed by atoms with van der Waals surface area (Å²) in [7, 11) is 0. The molecule has 1 aliphatic rings. The number of hydrogen-bond donors (Lipinski definition) is 5. The summed E-state index contributed by atoms with van der Waals surface area (Å²) in [6, 6.07) is -0.0723. The number of aromatic amines is 1. The van der Waals surface area contributed by atoms with Gasteiger partial charge >= 0.3 is 5.97 Å². The fraction of sp³-hybridized carbons (Fsp3) is 0.538. The van der Waals surface area contributed by atoms with E-state index in [1.165, 1.54) is 0 Å². The topological polar surface area (TPSA) is 180 Å². The van der Waals surface area contributed by atoms with Gasteiger partial charge in [0.05, 0.1) is 12.9 Å². The number of aliphatic hydroxyl groups is 3. The number of aliphatic hydroxyl groups excluding tert-OH is 3. The molecule has 2 aromatic heterocycles. The molecule has 25 heavy (non-hydrogen) atoms. The smallest absolute Gasteiger partial charge is 0.335 e. The van der Waals surface area contributed by atoms with E-state index in [2.05, 4.69) is 15.0 Å². The summed E-state index contributed by atoms with van der Waals surface area (Å²) in [5.74, 6) is -1.61. The van der Waals surface area contributed by atoms with Crippen molar-refractivity contribution in [1.29, 1.82) is 0 Å². The second-order valence-corrected chi connectivity index (χ2v) is 5.38. The van der Waals surface area contributed by atoms with Crippen molar-refractivity contribution in [2.24, 2.45) is 0 Å². The fourth-order valence-electron chi connectivity index (χ4n) is 2.61. The van der Waals surface area contributed by atoms with Gasteiger partial charge in [-0.15, -0.1) is 0 Å². The second-order valence-electron chi connectivity index (χ2n) is 5.38. The number of rotatable bonds is 5. The minimum Gasteiger partial charge on any atom is -0.479 e. The van der Waals surface area contributed by atoms with Crippen LogP contribution in [0.1, 0.15) is 13.2 Å². The zero-order chi connectivity index (χ0) is 18.3. The maximum atomic E-state index is 12.0. The molecule has 0 bridgehead atoms. The number of aromatic nitrogens is 4. The van der Waals surface area contributed by atoms with Crippen molar-refractivity contribution in [3.05, 3.63) is 16.7 Å². The Hall–Kier alpha value is -2.54. The van der Waals surface area contributed by atoms with Crippen LogP contribution in [0.5, 0.6) is 6.01 Å². The molecule has 1 unspecified atom stereocenters. The summed E-state index contributed by atoms with van der Waals surface area (Å²) >= 11 is 0. The highest BCUT2D eigenvalue weighted by molar-refractivity contribution is 5.73. The summed E-state index contributed by atoms with van der Waals surface area (Å²) in [5, 5.41) is 38.6. The Bertz CT molecular complexity index is 848. The van der Waals surface area contributed by atoms with E-state index in [1.54, 1.807) is 6.92 Å².